The Morgan fingerprint density at radius 2 is 1.85 bits per heavy atom. The van der Waals surface area contributed by atoms with E-state index in [1.165, 1.54) is 32.4 Å². The van der Waals surface area contributed by atoms with Gasteiger partial charge in [-0.15, -0.1) is 0 Å². The van der Waals surface area contributed by atoms with E-state index in [1.54, 1.807) is 13.4 Å². The van der Waals surface area contributed by atoms with Crippen LogP contribution in [0.3, 0.4) is 0 Å². The number of ether oxygens (including phenoxy) is 1. The van der Waals surface area contributed by atoms with Gasteiger partial charge in [-0.3, -0.25) is 0 Å². The van der Waals surface area contributed by atoms with Crippen molar-refractivity contribution in [2.75, 3.05) is 38.6 Å². The number of pyridine rings is 1. The molecule has 1 aliphatic rings. The van der Waals surface area contributed by atoms with Gasteiger partial charge in [-0.2, -0.15) is 0 Å². The summed E-state index contributed by atoms with van der Waals surface area (Å²) in [6.45, 7) is 4.36. The molecule has 1 N–H and O–H groups in total. The fourth-order valence-electron chi connectivity index (χ4n) is 3.56. The maximum atomic E-state index is 5.14. The maximum Gasteiger partial charge on any atom is 0.212 e. The van der Waals surface area contributed by atoms with E-state index < -0.39 is 0 Å². The van der Waals surface area contributed by atoms with Gasteiger partial charge in [-0.25, -0.2) is 15.0 Å². The molecule has 0 aliphatic carbocycles. The van der Waals surface area contributed by atoms with Gasteiger partial charge in [-0.05, 0) is 49.7 Å². The highest BCUT2D eigenvalue weighted by atomic mass is 16.5. The zero-order valence-electron chi connectivity index (χ0n) is 15.7. The molecule has 0 amide bonds. The summed E-state index contributed by atoms with van der Waals surface area (Å²) < 4.78 is 5.14. The number of piperidine rings is 1. The summed E-state index contributed by atoms with van der Waals surface area (Å²) >= 11 is 0. The second-order valence-electron chi connectivity index (χ2n) is 6.87. The first-order chi connectivity index (χ1) is 13.3. The van der Waals surface area contributed by atoms with Crippen LogP contribution in [0.25, 0.3) is 22.0 Å². The Labute approximate surface area is 159 Å². The van der Waals surface area contributed by atoms with Gasteiger partial charge in [0.2, 0.25) is 5.88 Å². The Morgan fingerprint density at radius 3 is 2.63 bits per heavy atom. The van der Waals surface area contributed by atoms with Crippen LogP contribution in [0.15, 0.2) is 42.9 Å². The van der Waals surface area contributed by atoms with Gasteiger partial charge in [0.05, 0.1) is 12.6 Å². The quantitative estimate of drug-likeness (QED) is 0.722. The lowest BCUT2D eigenvalue weighted by molar-refractivity contribution is 0.237. The molecule has 0 bridgehead atoms. The number of aromatic nitrogens is 3. The second kappa shape index (κ2) is 8.31. The fourth-order valence-corrected chi connectivity index (χ4v) is 3.56. The number of rotatable bonds is 6. The Morgan fingerprint density at radius 1 is 1.00 bits per heavy atom. The number of hydrogen-bond donors (Lipinski definition) is 1. The number of likely N-dealkylation sites (tertiary alicyclic amines) is 1. The van der Waals surface area contributed by atoms with E-state index in [-0.39, 0.29) is 0 Å². The molecule has 0 saturated carbocycles. The van der Waals surface area contributed by atoms with Crippen molar-refractivity contribution in [3.63, 3.8) is 0 Å². The predicted molar refractivity (Wildman–Crippen MR) is 108 cm³/mol. The highest BCUT2D eigenvalue weighted by Gasteiger charge is 2.10. The molecule has 1 aliphatic heterocycles. The molecule has 27 heavy (non-hydrogen) atoms. The fraction of sp³-hybridized carbons (Fsp3) is 0.381. The van der Waals surface area contributed by atoms with Crippen molar-refractivity contribution in [2.45, 2.75) is 19.3 Å². The molecule has 0 radical (unpaired) electrons. The van der Waals surface area contributed by atoms with Crippen LogP contribution in [0, 0.1) is 0 Å². The number of methoxy groups -OCH3 is 1. The molecule has 1 fully saturated rings. The summed E-state index contributed by atoms with van der Waals surface area (Å²) in [4.78, 5) is 15.7. The molecular formula is C21H25N5O. The third-order valence-corrected chi connectivity index (χ3v) is 5.08. The predicted octanol–water partition coefficient (Wildman–Crippen LogP) is 3.60. The average Bonchev–Trinajstić information content (AvgIpc) is 2.74. The van der Waals surface area contributed by atoms with Crippen molar-refractivity contribution >= 4 is 16.7 Å². The Balaban J connectivity index is 1.53. The maximum absolute atomic E-state index is 5.14. The summed E-state index contributed by atoms with van der Waals surface area (Å²) in [5, 5.41) is 4.54. The molecule has 6 nitrogen and oxygen atoms in total. The summed E-state index contributed by atoms with van der Waals surface area (Å²) in [5.41, 5.74) is 3.07. The van der Waals surface area contributed by atoms with E-state index >= 15 is 0 Å². The van der Waals surface area contributed by atoms with E-state index in [0.717, 1.165) is 40.9 Å². The number of nitrogens with zero attached hydrogens (tertiary/aromatic N) is 4. The Kier molecular flexibility index (Phi) is 5.44. The molecule has 4 rings (SSSR count). The lowest BCUT2D eigenvalue weighted by atomic mass is 10.1. The summed E-state index contributed by atoms with van der Waals surface area (Å²) in [5.74, 6) is 1.50. The van der Waals surface area contributed by atoms with E-state index in [2.05, 4.69) is 37.3 Å². The number of nitrogens with one attached hydrogen (secondary N) is 1. The van der Waals surface area contributed by atoms with Gasteiger partial charge < -0.3 is 15.0 Å². The molecule has 0 atom stereocenters. The van der Waals surface area contributed by atoms with Crippen molar-refractivity contribution in [2.24, 2.45) is 0 Å². The lowest BCUT2D eigenvalue weighted by Gasteiger charge is -2.26. The normalized spacial score (nSPS) is 15.0. The molecule has 0 unspecified atom stereocenters. The monoisotopic (exact) mass is 363 g/mol. The first-order valence-electron chi connectivity index (χ1n) is 9.55. The highest BCUT2D eigenvalue weighted by Crippen LogP contribution is 2.27. The summed E-state index contributed by atoms with van der Waals surface area (Å²) in [6.07, 6.45) is 7.45. The third-order valence-electron chi connectivity index (χ3n) is 5.08. The van der Waals surface area contributed by atoms with Crippen molar-refractivity contribution in [3.05, 3.63) is 42.9 Å². The smallest absolute Gasteiger partial charge is 0.212 e. The van der Waals surface area contributed by atoms with Crippen molar-refractivity contribution < 1.29 is 4.74 Å². The number of fused-ring (bicyclic) bond motifs is 1. The van der Waals surface area contributed by atoms with Gasteiger partial charge >= 0.3 is 0 Å². The van der Waals surface area contributed by atoms with Crippen molar-refractivity contribution in [3.8, 4) is 17.0 Å². The average molecular weight is 363 g/mol. The molecule has 3 heterocycles. The number of benzene rings is 1. The number of hydrogen-bond acceptors (Lipinski definition) is 6. The van der Waals surface area contributed by atoms with Crippen LogP contribution in [-0.4, -0.2) is 53.1 Å². The lowest BCUT2D eigenvalue weighted by Crippen LogP contribution is -2.33. The van der Waals surface area contributed by atoms with E-state index in [4.69, 9.17) is 4.74 Å². The highest BCUT2D eigenvalue weighted by molar-refractivity contribution is 5.92. The van der Waals surface area contributed by atoms with Crippen LogP contribution in [0.2, 0.25) is 0 Å². The topological polar surface area (TPSA) is 63.2 Å². The van der Waals surface area contributed by atoms with Crippen molar-refractivity contribution in [1.82, 2.24) is 19.9 Å². The number of anilines is 1. The SMILES string of the molecule is COc1ccc(-c2ccc3ncnc(NCCN4CCCCC4)c3c2)cn1. The molecule has 6 heteroatoms. The standard InChI is InChI=1S/C21H25N5O/c1-27-20-8-6-17(14-23-20)16-5-7-19-18(13-16)21(25-15-24-19)22-9-12-26-10-3-2-4-11-26/h5-8,13-15H,2-4,9-12H2,1H3,(H,22,24,25). The molecule has 0 spiro atoms. The Bertz CT molecular complexity index is 891. The summed E-state index contributed by atoms with van der Waals surface area (Å²) in [6, 6.07) is 10.1. The third kappa shape index (κ3) is 4.17. The van der Waals surface area contributed by atoms with Crippen molar-refractivity contribution in [1.29, 1.82) is 0 Å². The van der Waals surface area contributed by atoms with Crippen LogP contribution in [-0.2, 0) is 0 Å². The van der Waals surface area contributed by atoms with Crippen LogP contribution in [0.5, 0.6) is 5.88 Å². The molecule has 2 aromatic heterocycles. The van der Waals surface area contributed by atoms with Gasteiger partial charge in [0.1, 0.15) is 12.1 Å². The zero-order chi connectivity index (χ0) is 18.5. The molecular weight excluding hydrogens is 338 g/mol. The van der Waals surface area contributed by atoms with Crippen LogP contribution < -0.4 is 10.1 Å². The minimum Gasteiger partial charge on any atom is -0.481 e. The molecule has 140 valence electrons. The van der Waals surface area contributed by atoms with Gasteiger partial charge in [-0.1, -0.05) is 12.5 Å². The first-order valence-corrected chi connectivity index (χ1v) is 9.55. The molecule has 1 saturated heterocycles. The van der Waals surface area contributed by atoms with Gasteiger partial charge in [0.15, 0.2) is 0 Å². The van der Waals surface area contributed by atoms with E-state index in [0.29, 0.717) is 5.88 Å². The van der Waals surface area contributed by atoms with Gasteiger partial charge in [0.25, 0.3) is 0 Å². The second-order valence-corrected chi connectivity index (χ2v) is 6.87. The zero-order valence-corrected chi connectivity index (χ0v) is 15.7. The Hall–Kier alpha value is -2.73. The van der Waals surface area contributed by atoms with Crippen LogP contribution in [0.1, 0.15) is 19.3 Å². The minimum atomic E-state index is 0.614. The van der Waals surface area contributed by atoms with Crippen LogP contribution >= 0.6 is 0 Å². The summed E-state index contributed by atoms with van der Waals surface area (Å²) in [7, 11) is 1.62. The first kappa shape index (κ1) is 17.7. The largest absolute Gasteiger partial charge is 0.481 e. The molecule has 1 aromatic carbocycles. The molecule has 3 aromatic rings. The van der Waals surface area contributed by atoms with E-state index in [9.17, 15) is 0 Å². The van der Waals surface area contributed by atoms with E-state index in [1.807, 2.05) is 24.4 Å². The van der Waals surface area contributed by atoms with Gasteiger partial charge in [0, 0.05) is 36.3 Å². The minimum absolute atomic E-state index is 0.614. The van der Waals surface area contributed by atoms with Crippen LogP contribution in [0.4, 0.5) is 5.82 Å².